The molecular formula is C48H78O6. The minimum absolute atomic E-state index is 0.102. The Morgan fingerprint density at radius 2 is 0.722 bits per heavy atom. The Balaban J connectivity index is 4.49. The first kappa shape index (κ1) is 50.6. The van der Waals surface area contributed by atoms with E-state index in [1.54, 1.807) is 0 Å². The van der Waals surface area contributed by atoms with E-state index in [0.717, 1.165) is 109 Å². The van der Waals surface area contributed by atoms with Crippen molar-refractivity contribution in [2.45, 2.75) is 187 Å². The molecule has 0 saturated heterocycles. The lowest BCUT2D eigenvalue weighted by molar-refractivity contribution is -0.167. The summed E-state index contributed by atoms with van der Waals surface area (Å²) in [6.45, 7) is 6.28. The predicted octanol–water partition coefficient (Wildman–Crippen LogP) is 13.7. The van der Waals surface area contributed by atoms with E-state index in [-0.39, 0.29) is 37.5 Å². The summed E-state index contributed by atoms with van der Waals surface area (Å²) in [4.78, 5) is 37.6. The van der Waals surface area contributed by atoms with Crippen LogP contribution in [0.15, 0.2) is 85.1 Å². The molecule has 0 spiro atoms. The number of esters is 3. The molecule has 0 fully saturated rings. The molecule has 0 aromatic carbocycles. The molecule has 0 aromatic heterocycles. The summed E-state index contributed by atoms with van der Waals surface area (Å²) >= 11 is 0. The highest BCUT2D eigenvalue weighted by molar-refractivity contribution is 5.71. The third-order valence-corrected chi connectivity index (χ3v) is 8.65. The summed E-state index contributed by atoms with van der Waals surface area (Å²) in [6.07, 6.45) is 52.9. The van der Waals surface area contributed by atoms with Gasteiger partial charge in [-0.15, -0.1) is 0 Å². The summed E-state index contributed by atoms with van der Waals surface area (Å²) in [6, 6.07) is 0. The molecule has 0 aliphatic carbocycles. The zero-order valence-corrected chi connectivity index (χ0v) is 34.7. The third kappa shape index (κ3) is 39.8. The van der Waals surface area contributed by atoms with Gasteiger partial charge in [-0.3, -0.25) is 14.4 Å². The quantitative estimate of drug-likeness (QED) is 0.0272. The highest BCUT2D eigenvalue weighted by atomic mass is 16.6. The van der Waals surface area contributed by atoms with Crippen molar-refractivity contribution in [1.29, 1.82) is 0 Å². The van der Waals surface area contributed by atoms with Crippen LogP contribution in [0.1, 0.15) is 181 Å². The molecule has 0 aliphatic rings. The minimum Gasteiger partial charge on any atom is -0.462 e. The SMILES string of the molecule is CC/C=C\C/C=C\C/C=C\C/C=C\CCCCC(=O)OCC(COC(=O)CCCCCCCCCC)OC(=O)CCCCC/C=C\C/C=C\C/C=C\CC. The van der Waals surface area contributed by atoms with Crippen LogP contribution in [0.2, 0.25) is 0 Å². The van der Waals surface area contributed by atoms with Gasteiger partial charge in [-0.2, -0.15) is 0 Å². The van der Waals surface area contributed by atoms with Crippen molar-refractivity contribution in [2.24, 2.45) is 0 Å². The standard InChI is InChI=1S/C48H78O6/c1-4-7-10-13-16-19-21-23-24-26-27-29-32-35-38-41-47(50)53-44-45(43-52-46(49)40-37-34-31-18-15-12-9-6-3)54-48(51)42-39-36-33-30-28-25-22-20-17-14-11-8-5-2/h7-8,10-11,16-17,19-20,23-25,27-29,45H,4-6,9,12-15,18,21-22,26,30-44H2,1-3H3/b10-7-,11-8-,19-16-,20-17-,24-23-,28-25-,29-27-. The number of unbranched alkanes of at least 4 members (excludes halogenated alkanes) is 12. The highest BCUT2D eigenvalue weighted by Crippen LogP contribution is 2.12. The fourth-order valence-electron chi connectivity index (χ4n) is 5.44. The van der Waals surface area contributed by atoms with Crippen LogP contribution in [0.4, 0.5) is 0 Å². The van der Waals surface area contributed by atoms with Crippen LogP contribution in [0.3, 0.4) is 0 Å². The van der Waals surface area contributed by atoms with Crippen molar-refractivity contribution in [1.82, 2.24) is 0 Å². The van der Waals surface area contributed by atoms with Crippen molar-refractivity contribution in [2.75, 3.05) is 13.2 Å². The van der Waals surface area contributed by atoms with Crippen LogP contribution in [0.5, 0.6) is 0 Å². The summed E-state index contributed by atoms with van der Waals surface area (Å²) in [5, 5.41) is 0. The average Bonchev–Trinajstić information content (AvgIpc) is 3.17. The first-order valence-corrected chi connectivity index (χ1v) is 21.6. The molecule has 306 valence electrons. The molecule has 0 amide bonds. The average molecular weight is 751 g/mol. The number of carbonyl (C=O) groups is 3. The van der Waals surface area contributed by atoms with Gasteiger partial charge >= 0.3 is 17.9 Å². The van der Waals surface area contributed by atoms with Gasteiger partial charge in [0.1, 0.15) is 13.2 Å². The molecule has 0 rings (SSSR count). The Morgan fingerprint density at radius 1 is 0.389 bits per heavy atom. The zero-order valence-electron chi connectivity index (χ0n) is 34.7. The Bertz CT molecular complexity index is 1090. The molecule has 0 radical (unpaired) electrons. The lowest BCUT2D eigenvalue weighted by Crippen LogP contribution is -2.30. The van der Waals surface area contributed by atoms with Crippen LogP contribution >= 0.6 is 0 Å². The minimum atomic E-state index is -0.804. The number of rotatable bonds is 37. The van der Waals surface area contributed by atoms with Crippen molar-refractivity contribution >= 4 is 17.9 Å². The van der Waals surface area contributed by atoms with Gasteiger partial charge in [-0.25, -0.2) is 0 Å². The molecule has 0 bridgehead atoms. The van der Waals surface area contributed by atoms with Gasteiger partial charge < -0.3 is 14.2 Å². The molecule has 0 aromatic rings. The third-order valence-electron chi connectivity index (χ3n) is 8.65. The van der Waals surface area contributed by atoms with E-state index >= 15 is 0 Å². The van der Waals surface area contributed by atoms with E-state index in [9.17, 15) is 14.4 Å². The largest absolute Gasteiger partial charge is 0.462 e. The Kier molecular flexibility index (Phi) is 39.7. The fourth-order valence-corrected chi connectivity index (χ4v) is 5.44. The molecule has 0 heterocycles. The predicted molar refractivity (Wildman–Crippen MR) is 228 cm³/mol. The lowest BCUT2D eigenvalue weighted by Gasteiger charge is -2.18. The van der Waals surface area contributed by atoms with Crippen molar-refractivity contribution in [3.8, 4) is 0 Å². The van der Waals surface area contributed by atoms with Crippen LogP contribution < -0.4 is 0 Å². The molecule has 6 nitrogen and oxygen atoms in total. The van der Waals surface area contributed by atoms with E-state index in [1.807, 2.05) is 0 Å². The number of ether oxygens (including phenoxy) is 3. The highest BCUT2D eigenvalue weighted by Gasteiger charge is 2.19. The van der Waals surface area contributed by atoms with Crippen molar-refractivity contribution in [3.63, 3.8) is 0 Å². The van der Waals surface area contributed by atoms with Gasteiger partial charge in [0, 0.05) is 19.3 Å². The fraction of sp³-hybridized carbons (Fsp3) is 0.646. The Hall–Kier alpha value is -3.41. The molecule has 0 aliphatic heterocycles. The van der Waals surface area contributed by atoms with Crippen LogP contribution in [0.25, 0.3) is 0 Å². The molecule has 54 heavy (non-hydrogen) atoms. The molecule has 0 saturated carbocycles. The second kappa shape index (κ2) is 42.3. The maximum Gasteiger partial charge on any atom is 0.306 e. The van der Waals surface area contributed by atoms with Gasteiger partial charge in [0.2, 0.25) is 0 Å². The summed E-state index contributed by atoms with van der Waals surface area (Å²) < 4.78 is 16.6. The van der Waals surface area contributed by atoms with Crippen LogP contribution in [-0.2, 0) is 28.6 Å². The van der Waals surface area contributed by atoms with E-state index in [4.69, 9.17) is 14.2 Å². The van der Waals surface area contributed by atoms with Crippen LogP contribution in [0, 0.1) is 0 Å². The van der Waals surface area contributed by atoms with E-state index in [1.165, 1.54) is 32.1 Å². The molecular weight excluding hydrogens is 673 g/mol. The summed E-state index contributed by atoms with van der Waals surface area (Å²) in [5.74, 6) is -0.990. The molecule has 0 N–H and O–H groups in total. The Morgan fingerprint density at radius 3 is 1.17 bits per heavy atom. The maximum absolute atomic E-state index is 12.7. The normalized spacial score (nSPS) is 12.9. The van der Waals surface area contributed by atoms with Gasteiger partial charge in [0.05, 0.1) is 0 Å². The van der Waals surface area contributed by atoms with E-state index in [0.29, 0.717) is 12.8 Å². The van der Waals surface area contributed by atoms with Crippen LogP contribution in [-0.4, -0.2) is 37.2 Å². The number of allylic oxidation sites excluding steroid dienone is 14. The maximum atomic E-state index is 12.7. The molecule has 1 unspecified atom stereocenters. The second-order valence-corrected chi connectivity index (χ2v) is 13.8. The monoisotopic (exact) mass is 751 g/mol. The Labute approximate surface area is 331 Å². The van der Waals surface area contributed by atoms with Gasteiger partial charge in [0.25, 0.3) is 0 Å². The number of hydrogen-bond donors (Lipinski definition) is 0. The molecule has 1 atom stereocenters. The topological polar surface area (TPSA) is 78.9 Å². The summed E-state index contributed by atoms with van der Waals surface area (Å²) in [5.41, 5.74) is 0. The van der Waals surface area contributed by atoms with Gasteiger partial charge in [-0.05, 0) is 89.9 Å². The lowest BCUT2D eigenvalue weighted by atomic mass is 10.1. The van der Waals surface area contributed by atoms with Gasteiger partial charge in [0.15, 0.2) is 6.10 Å². The van der Waals surface area contributed by atoms with E-state index < -0.39 is 6.10 Å². The van der Waals surface area contributed by atoms with Crippen molar-refractivity contribution < 1.29 is 28.6 Å². The van der Waals surface area contributed by atoms with Gasteiger partial charge in [-0.1, -0.05) is 157 Å². The first-order chi connectivity index (χ1) is 26.5. The van der Waals surface area contributed by atoms with E-state index in [2.05, 4.69) is 106 Å². The molecule has 6 heteroatoms. The van der Waals surface area contributed by atoms with Crippen molar-refractivity contribution in [3.05, 3.63) is 85.1 Å². The first-order valence-electron chi connectivity index (χ1n) is 21.6. The number of carbonyl (C=O) groups excluding carboxylic acids is 3. The second-order valence-electron chi connectivity index (χ2n) is 13.8. The zero-order chi connectivity index (χ0) is 39.4. The summed E-state index contributed by atoms with van der Waals surface area (Å²) in [7, 11) is 0. The number of hydrogen-bond acceptors (Lipinski definition) is 6. The smallest absolute Gasteiger partial charge is 0.306 e.